The molecule has 3 heteroatoms. The molecule has 1 unspecified atom stereocenters. The number of hydrogen-bond acceptors (Lipinski definition) is 2. The van der Waals surface area contributed by atoms with E-state index in [1.165, 1.54) is 0 Å². The van der Waals surface area contributed by atoms with E-state index >= 15 is 0 Å². The van der Waals surface area contributed by atoms with Crippen molar-refractivity contribution in [2.75, 3.05) is 6.54 Å². The monoisotopic (exact) mass is 140 g/mol. The SMILES string of the molecule is CC#CCNC(=O)C(C)N. The van der Waals surface area contributed by atoms with Crippen LogP contribution in [0.4, 0.5) is 0 Å². The predicted octanol–water partition coefficient (Wildman–Crippen LogP) is -0.527. The van der Waals surface area contributed by atoms with E-state index in [-0.39, 0.29) is 5.91 Å². The topological polar surface area (TPSA) is 55.1 Å². The van der Waals surface area contributed by atoms with Gasteiger partial charge < -0.3 is 11.1 Å². The highest BCUT2D eigenvalue weighted by atomic mass is 16.2. The summed E-state index contributed by atoms with van der Waals surface area (Å²) < 4.78 is 0. The standard InChI is InChI=1S/C7H12N2O/c1-3-4-5-9-7(10)6(2)8/h6H,5,8H2,1-2H3,(H,9,10). The van der Waals surface area contributed by atoms with Crippen LogP contribution in [-0.2, 0) is 4.79 Å². The summed E-state index contributed by atoms with van der Waals surface area (Å²) in [5, 5.41) is 2.55. The third-order valence-electron chi connectivity index (χ3n) is 0.941. The molecule has 0 aliphatic carbocycles. The first-order chi connectivity index (χ1) is 4.68. The first-order valence-electron chi connectivity index (χ1n) is 3.11. The number of nitrogens with one attached hydrogen (secondary N) is 1. The zero-order valence-electron chi connectivity index (χ0n) is 6.27. The Morgan fingerprint density at radius 3 is 2.80 bits per heavy atom. The second-order valence-corrected chi connectivity index (χ2v) is 1.93. The molecule has 1 atom stereocenters. The lowest BCUT2D eigenvalue weighted by molar-refractivity contribution is -0.121. The Bertz CT molecular complexity index is 164. The van der Waals surface area contributed by atoms with Crippen molar-refractivity contribution in [1.82, 2.24) is 5.32 Å². The molecule has 0 fully saturated rings. The molecule has 0 aliphatic heterocycles. The van der Waals surface area contributed by atoms with Gasteiger partial charge in [-0.3, -0.25) is 4.79 Å². The molecule has 10 heavy (non-hydrogen) atoms. The third-order valence-corrected chi connectivity index (χ3v) is 0.941. The van der Waals surface area contributed by atoms with E-state index in [2.05, 4.69) is 17.2 Å². The lowest BCUT2D eigenvalue weighted by Crippen LogP contribution is -2.38. The summed E-state index contributed by atoms with van der Waals surface area (Å²) in [6, 6.07) is -0.446. The van der Waals surface area contributed by atoms with Gasteiger partial charge >= 0.3 is 0 Å². The summed E-state index contributed by atoms with van der Waals surface area (Å²) in [5.41, 5.74) is 5.26. The molecular formula is C7H12N2O. The van der Waals surface area contributed by atoms with E-state index in [0.717, 1.165) is 0 Å². The van der Waals surface area contributed by atoms with Gasteiger partial charge in [0, 0.05) is 0 Å². The Hall–Kier alpha value is -1.01. The summed E-state index contributed by atoms with van der Waals surface area (Å²) in [6.45, 7) is 3.74. The highest BCUT2D eigenvalue weighted by Gasteiger charge is 2.03. The largest absolute Gasteiger partial charge is 0.344 e. The minimum Gasteiger partial charge on any atom is -0.344 e. The minimum absolute atomic E-state index is 0.164. The van der Waals surface area contributed by atoms with Crippen LogP contribution in [0.25, 0.3) is 0 Å². The molecule has 0 rings (SSSR count). The molecule has 3 N–H and O–H groups in total. The second kappa shape index (κ2) is 4.83. The van der Waals surface area contributed by atoms with Crippen molar-refractivity contribution in [2.45, 2.75) is 19.9 Å². The summed E-state index contributed by atoms with van der Waals surface area (Å²) in [6.07, 6.45) is 0. The fourth-order valence-electron chi connectivity index (χ4n) is 0.381. The van der Waals surface area contributed by atoms with Crippen LogP contribution in [-0.4, -0.2) is 18.5 Å². The molecule has 0 radical (unpaired) electrons. The van der Waals surface area contributed by atoms with Crippen LogP contribution in [0.3, 0.4) is 0 Å². The lowest BCUT2D eigenvalue weighted by Gasteiger charge is -2.02. The molecule has 0 aromatic rings. The molecule has 1 amide bonds. The molecule has 0 saturated carbocycles. The van der Waals surface area contributed by atoms with Gasteiger partial charge in [0.1, 0.15) is 0 Å². The first kappa shape index (κ1) is 8.99. The molecular weight excluding hydrogens is 128 g/mol. The zero-order valence-corrected chi connectivity index (χ0v) is 6.27. The van der Waals surface area contributed by atoms with E-state index in [0.29, 0.717) is 6.54 Å². The van der Waals surface area contributed by atoms with Crippen LogP contribution in [0.5, 0.6) is 0 Å². The normalized spacial score (nSPS) is 11.1. The average Bonchev–Trinajstić information content (AvgIpc) is 1.88. The van der Waals surface area contributed by atoms with E-state index in [9.17, 15) is 4.79 Å². The Morgan fingerprint density at radius 2 is 2.40 bits per heavy atom. The minimum atomic E-state index is -0.446. The van der Waals surface area contributed by atoms with Gasteiger partial charge in [0.15, 0.2) is 0 Å². The summed E-state index contributed by atoms with van der Waals surface area (Å²) in [5.74, 6) is 5.19. The maximum absolute atomic E-state index is 10.7. The number of nitrogens with two attached hydrogens (primary N) is 1. The Balaban J connectivity index is 3.47. The van der Waals surface area contributed by atoms with Crippen molar-refractivity contribution in [3.63, 3.8) is 0 Å². The predicted molar refractivity (Wildman–Crippen MR) is 40.1 cm³/mol. The van der Waals surface area contributed by atoms with Gasteiger partial charge in [0.05, 0.1) is 12.6 Å². The van der Waals surface area contributed by atoms with Gasteiger partial charge in [0.25, 0.3) is 0 Å². The Morgan fingerprint density at radius 1 is 1.80 bits per heavy atom. The molecule has 56 valence electrons. The van der Waals surface area contributed by atoms with Crippen molar-refractivity contribution < 1.29 is 4.79 Å². The van der Waals surface area contributed by atoms with Crippen LogP contribution >= 0.6 is 0 Å². The fraction of sp³-hybridized carbons (Fsp3) is 0.571. The molecule has 0 aromatic heterocycles. The summed E-state index contributed by atoms with van der Waals surface area (Å²) in [4.78, 5) is 10.7. The maximum Gasteiger partial charge on any atom is 0.237 e. The van der Waals surface area contributed by atoms with Crippen LogP contribution in [0, 0.1) is 11.8 Å². The zero-order chi connectivity index (χ0) is 7.98. The van der Waals surface area contributed by atoms with E-state index in [1.54, 1.807) is 13.8 Å². The van der Waals surface area contributed by atoms with Crippen LogP contribution < -0.4 is 11.1 Å². The molecule has 0 aliphatic rings. The Kier molecular flexibility index (Phi) is 4.34. The van der Waals surface area contributed by atoms with Crippen molar-refractivity contribution in [1.29, 1.82) is 0 Å². The van der Waals surface area contributed by atoms with Gasteiger partial charge in [-0.15, -0.1) is 5.92 Å². The summed E-state index contributed by atoms with van der Waals surface area (Å²) >= 11 is 0. The van der Waals surface area contributed by atoms with Crippen molar-refractivity contribution >= 4 is 5.91 Å². The van der Waals surface area contributed by atoms with Gasteiger partial charge in [0.2, 0.25) is 5.91 Å². The van der Waals surface area contributed by atoms with E-state index in [1.807, 2.05) is 0 Å². The van der Waals surface area contributed by atoms with Crippen molar-refractivity contribution in [3.05, 3.63) is 0 Å². The van der Waals surface area contributed by atoms with Gasteiger partial charge in [-0.2, -0.15) is 0 Å². The second-order valence-electron chi connectivity index (χ2n) is 1.93. The fourth-order valence-corrected chi connectivity index (χ4v) is 0.381. The number of carbonyl (C=O) groups is 1. The highest BCUT2D eigenvalue weighted by molar-refractivity contribution is 5.81. The third kappa shape index (κ3) is 3.93. The quantitative estimate of drug-likeness (QED) is 0.507. The van der Waals surface area contributed by atoms with Crippen LogP contribution in [0.1, 0.15) is 13.8 Å². The van der Waals surface area contributed by atoms with Crippen molar-refractivity contribution in [2.24, 2.45) is 5.73 Å². The van der Waals surface area contributed by atoms with Crippen LogP contribution in [0.2, 0.25) is 0 Å². The molecule has 0 spiro atoms. The van der Waals surface area contributed by atoms with E-state index in [4.69, 9.17) is 5.73 Å². The number of rotatable bonds is 2. The van der Waals surface area contributed by atoms with Crippen molar-refractivity contribution in [3.8, 4) is 11.8 Å². The molecule has 0 bridgehead atoms. The average molecular weight is 140 g/mol. The number of carbonyl (C=O) groups excluding carboxylic acids is 1. The van der Waals surface area contributed by atoms with E-state index < -0.39 is 6.04 Å². The first-order valence-corrected chi connectivity index (χ1v) is 3.11. The number of hydrogen-bond donors (Lipinski definition) is 2. The van der Waals surface area contributed by atoms with Gasteiger partial charge in [-0.05, 0) is 13.8 Å². The maximum atomic E-state index is 10.7. The molecule has 0 saturated heterocycles. The lowest BCUT2D eigenvalue weighted by atomic mass is 10.3. The molecule has 0 aromatic carbocycles. The smallest absolute Gasteiger partial charge is 0.237 e. The Labute approximate surface area is 61.0 Å². The summed E-state index contributed by atoms with van der Waals surface area (Å²) in [7, 11) is 0. The van der Waals surface area contributed by atoms with Crippen LogP contribution in [0.15, 0.2) is 0 Å². The number of amides is 1. The molecule has 3 nitrogen and oxygen atoms in total. The molecule has 0 heterocycles. The van der Waals surface area contributed by atoms with Gasteiger partial charge in [-0.25, -0.2) is 0 Å². The van der Waals surface area contributed by atoms with Gasteiger partial charge in [-0.1, -0.05) is 5.92 Å². The highest BCUT2D eigenvalue weighted by Crippen LogP contribution is 1.72.